The van der Waals surface area contributed by atoms with E-state index in [-0.39, 0.29) is 19.3 Å². The van der Waals surface area contributed by atoms with Crippen molar-refractivity contribution in [2.24, 2.45) is 5.92 Å². The highest BCUT2D eigenvalue weighted by molar-refractivity contribution is 5.83. The van der Waals surface area contributed by atoms with E-state index >= 15 is 0 Å². The van der Waals surface area contributed by atoms with Crippen molar-refractivity contribution in [3.05, 3.63) is 35.9 Å². The van der Waals surface area contributed by atoms with Crippen molar-refractivity contribution in [2.75, 3.05) is 6.73 Å². The van der Waals surface area contributed by atoms with Crippen LogP contribution < -0.4 is 0 Å². The first-order valence-corrected chi connectivity index (χ1v) is 7.38. The molecule has 5 nitrogen and oxygen atoms in total. The van der Waals surface area contributed by atoms with Gasteiger partial charge in [0.1, 0.15) is 12.6 Å². The lowest BCUT2D eigenvalue weighted by Gasteiger charge is -2.29. The Morgan fingerprint density at radius 3 is 2.71 bits per heavy atom. The van der Waals surface area contributed by atoms with Gasteiger partial charge in [-0.05, 0) is 17.9 Å². The zero-order valence-corrected chi connectivity index (χ0v) is 11.9. The molecular formula is C16H19NO4. The molecule has 0 N–H and O–H groups in total. The molecule has 0 bridgehead atoms. The second kappa shape index (κ2) is 6.16. The zero-order valence-electron chi connectivity index (χ0n) is 11.9. The standard InChI is InChI=1S/C16H19NO4/c18-15-14(9-12-7-4-8-12)17(11-21-15)16(19)20-10-13-5-2-1-3-6-13/h1-3,5-6,12,14H,4,7-11H2/t14-/m0/s1. The molecule has 0 radical (unpaired) electrons. The van der Waals surface area contributed by atoms with Gasteiger partial charge in [-0.2, -0.15) is 0 Å². The lowest BCUT2D eigenvalue weighted by atomic mass is 9.81. The van der Waals surface area contributed by atoms with Crippen molar-refractivity contribution in [3.63, 3.8) is 0 Å². The molecule has 1 aromatic carbocycles. The molecule has 112 valence electrons. The van der Waals surface area contributed by atoms with Crippen LogP contribution in [0.2, 0.25) is 0 Å². The molecule has 1 aromatic rings. The Hall–Kier alpha value is -2.04. The summed E-state index contributed by atoms with van der Waals surface area (Å²) in [5, 5.41) is 0. The molecule has 1 atom stereocenters. The van der Waals surface area contributed by atoms with E-state index in [9.17, 15) is 9.59 Å². The van der Waals surface area contributed by atoms with E-state index in [1.165, 1.54) is 11.3 Å². The smallest absolute Gasteiger partial charge is 0.413 e. The fraction of sp³-hybridized carbons (Fsp3) is 0.500. The second-order valence-corrected chi connectivity index (χ2v) is 5.65. The number of ether oxygens (including phenoxy) is 2. The molecule has 1 aliphatic heterocycles. The van der Waals surface area contributed by atoms with Crippen molar-refractivity contribution in [1.82, 2.24) is 4.90 Å². The summed E-state index contributed by atoms with van der Waals surface area (Å²) in [5.41, 5.74) is 0.924. The molecule has 1 heterocycles. The molecule has 1 aliphatic carbocycles. The largest absolute Gasteiger partial charge is 0.444 e. The molecule has 21 heavy (non-hydrogen) atoms. The number of amides is 1. The average molecular weight is 289 g/mol. The fourth-order valence-corrected chi connectivity index (χ4v) is 2.70. The summed E-state index contributed by atoms with van der Waals surface area (Å²) < 4.78 is 10.3. The van der Waals surface area contributed by atoms with Crippen LogP contribution >= 0.6 is 0 Å². The number of rotatable bonds is 4. The summed E-state index contributed by atoms with van der Waals surface area (Å²) >= 11 is 0. The quantitative estimate of drug-likeness (QED) is 0.800. The van der Waals surface area contributed by atoms with Crippen LogP contribution in [0.5, 0.6) is 0 Å². The van der Waals surface area contributed by atoms with Gasteiger partial charge < -0.3 is 9.47 Å². The minimum absolute atomic E-state index is 0.00381. The summed E-state index contributed by atoms with van der Waals surface area (Å²) in [7, 11) is 0. The van der Waals surface area contributed by atoms with E-state index in [1.807, 2.05) is 30.3 Å². The van der Waals surface area contributed by atoms with Crippen LogP contribution in [-0.4, -0.2) is 29.7 Å². The van der Waals surface area contributed by atoms with Crippen LogP contribution in [0.3, 0.4) is 0 Å². The van der Waals surface area contributed by atoms with Gasteiger partial charge in [-0.25, -0.2) is 9.59 Å². The minimum Gasteiger partial charge on any atom is -0.444 e. The summed E-state index contributed by atoms with van der Waals surface area (Å²) in [5.74, 6) is 0.226. The molecule has 0 spiro atoms. The molecule has 0 unspecified atom stereocenters. The van der Waals surface area contributed by atoms with Crippen molar-refractivity contribution in [2.45, 2.75) is 38.3 Å². The summed E-state index contributed by atoms with van der Waals surface area (Å²) in [6, 6.07) is 9.01. The van der Waals surface area contributed by atoms with Gasteiger partial charge in [0.2, 0.25) is 0 Å². The molecule has 5 heteroatoms. The topological polar surface area (TPSA) is 55.8 Å². The first-order valence-electron chi connectivity index (χ1n) is 7.38. The maximum absolute atomic E-state index is 12.1. The first kappa shape index (κ1) is 13.9. The Kier molecular flexibility index (Phi) is 4.08. The lowest BCUT2D eigenvalue weighted by molar-refractivity contribution is -0.139. The molecule has 1 saturated carbocycles. The lowest BCUT2D eigenvalue weighted by Crippen LogP contribution is -2.40. The normalized spacial score (nSPS) is 21.8. The van der Waals surface area contributed by atoms with Gasteiger partial charge >= 0.3 is 12.1 Å². The maximum Gasteiger partial charge on any atom is 0.413 e. The van der Waals surface area contributed by atoms with Crippen LogP contribution in [0.15, 0.2) is 30.3 Å². The molecule has 2 fully saturated rings. The van der Waals surface area contributed by atoms with E-state index in [4.69, 9.17) is 9.47 Å². The third-order valence-corrected chi connectivity index (χ3v) is 4.22. The average Bonchev–Trinajstić information content (AvgIpc) is 2.82. The van der Waals surface area contributed by atoms with Gasteiger partial charge in [0.25, 0.3) is 0 Å². The van der Waals surface area contributed by atoms with Gasteiger partial charge in [0.05, 0.1) is 0 Å². The number of cyclic esters (lactones) is 1. The summed E-state index contributed by atoms with van der Waals surface area (Å²) in [6.45, 7) is 0.213. The zero-order chi connectivity index (χ0) is 14.7. The predicted molar refractivity (Wildman–Crippen MR) is 75.2 cm³/mol. The third-order valence-electron chi connectivity index (χ3n) is 4.22. The van der Waals surface area contributed by atoms with Crippen molar-refractivity contribution >= 4 is 12.1 Å². The Morgan fingerprint density at radius 1 is 1.29 bits per heavy atom. The van der Waals surface area contributed by atoms with Crippen molar-refractivity contribution in [1.29, 1.82) is 0 Å². The second-order valence-electron chi connectivity index (χ2n) is 5.65. The highest BCUT2D eigenvalue weighted by Crippen LogP contribution is 2.33. The van der Waals surface area contributed by atoms with Gasteiger partial charge in [-0.3, -0.25) is 4.90 Å². The van der Waals surface area contributed by atoms with Gasteiger partial charge in [-0.15, -0.1) is 0 Å². The van der Waals surface area contributed by atoms with E-state index in [1.54, 1.807) is 0 Å². The monoisotopic (exact) mass is 289 g/mol. The van der Waals surface area contributed by atoms with Crippen LogP contribution in [-0.2, 0) is 20.9 Å². The van der Waals surface area contributed by atoms with Gasteiger partial charge in [0.15, 0.2) is 6.73 Å². The Balaban J connectivity index is 1.56. The predicted octanol–water partition coefficient (Wildman–Crippen LogP) is 2.70. The van der Waals surface area contributed by atoms with Crippen molar-refractivity contribution < 1.29 is 19.1 Å². The van der Waals surface area contributed by atoms with E-state index in [0.29, 0.717) is 12.3 Å². The highest BCUT2D eigenvalue weighted by Gasteiger charge is 2.40. The van der Waals surface area contributed by atoms with Gasteiger partial charge in [0, 0.05) is 0 Å². The van der Waals surface area contributed by atoms with Crippen LogP contribution in [0.1, 0.15) is 31.2 Å². The summed E-state index contributed by atoms with van der Waals surface area (Å²) in [6.07, 6.45) is 3.70. The van der Waals surface area contributed by atoms with E-state index in [2.05, 4.69) is 0 Å². The molecule has 1 amide bonds. The Morgan fingerprint density at radius 2 is 2.05 bits per heavy atom. The SMILES string of the molecule is O=C1OCN(C(=O)OCc2ccccc2)[C@H]1CC1CCC1. The third kappa shape index (κ3) is 3.17. The fourth-order valence-electron chi connectivity index (χ4n) is 2.70. The number of esters is 1. The molecular weight excluding hydrogens is 270 g/mol. The van der Waals surface area contributed by atoms with E-state index < -0.39 is 12.1 Å². The van der Waals surface area contributed by atoms with Crippen LogP contribution in [0.25, 0.3) is 0 Å². The number of carbonyl (C=O) groups is 2. The Labute approximate surface area is 123 Å². The summed E-state index contributed by atoms with van der Waals surface area (Å²) in [4.78, 5) is 25.3. The van der Waals surface area contributed by atoms with Crippen LogP contribution in [0, 0.1) is 5.92 Å². The number of benzene rings is 1. The Bertz CT molecular complexity index is 512. The van der Waals surface area contributed by atoms with E-state index in [0.717, 1.165) is 18.4 Å². The molecule has 2 aliphatic rings. The van der Waals surface area contributed by atoms with Crippen LogP contribution in [0.4, 0.5) is 4.79 Å². The molecule has 1 saturated heterocycles. The number of hydrogen-bond acceptors (Lipinski definition) is 4. The maximum atomic E-state index is 12.1. The van der Waals surface area contributed by atoms with Gasteiger partial charge in [-0.1, -0.05) is 49.6 Å². The molecule has 3 rings (SSSR count). The van der Waals surface area contributed by atoms with Crippen molar-refractivity contribution in [3.8, 4) is 0 Å². The minimum atomic E-state index is -0.478. The first-order chi connectivity index (χ1) is 10.2. The number of carbonyl (C=O) groups excluding carboxylic acids is 2. The number of hydrogen-bond donors (Lipinski definition) is 0. The molecule has 0 aromatic heterocycles. The highest BCUT2D eigenvalue weighted by atomic mass is 16.6. The number of nitrogens with zero attached hydrogens (tertiary/aromatic N) is 1.